The molecule has 0 radical (unpaired) electrons. The number of carbonyl (C=O) groups excluding carboxylic acids is 1. The molecule has 0 saturated carbocycles. The normalized spacial score (nSPS) is 25.7. The number of fused-ring (bicyclic) bond motifs is 2. The van der Waals surface area contributed by atoms with E-state index in [1.807, 2.05) is 6.07 Å². The van der Waals surface area contributed by atoms with E-state index < -0.39 is 0 Å². The Morgan fingerprint density at radius 3 is 3.11 bits per heavy atom. The van der Waals surface area contributed by atoms with Crippen LogP contribution in [0.15, 0.2) is 18.2 Å². The van der Waals surface area contributed by atoms with Crippen LogP contribution in [0.3, 0.4) is 0 Å². The van der Waals surface area contributed by atoms with Crippen molar-refractivity contribution in [3.8, 4) is 0 Å². The quantitative estimate of drug-likeness (QED) is 0.841. The zero-order chi connectivity index (χ0) is 13.2. The second-order valence-electron chi connectivity index (χ2n) is 5.77. The van der Waals surface area contributed by atoms with Crippen LogP contribution < -0.4 is 5.32 Å². The number of hydrogen-bond acceptors (Lipinski definition) is 2. The fraction of sp³-hybridized carbons (Fsp3) is 0.562. The van der Waals surface area contributed by atoms with E-state index in [0.29, 0.717) is 0 Å². The maximum atomic E-state index is 10.7. The van der Waals surface area contributed by atoms with Crippen LogP contribution in [0.25, 0.3) is 0 Å². The van der Waals surface area contributed by atoms with Gasteiger partial charge in [-0.15, -0.1) is 0 Å². The zero-order valence-electron chi connectivity index (χ0n) is 11.6. The van der Waals surface area contributed by atoms with Crippen molar-refractivity contribution in [2.24, 2.45) is 5.92 Å². The van der Waals surface area contributed by atoms with Crippen molar-refractivity contribution in [2.75, 3.05) is 18.4 Å². The van der Waals surface area contributed by atoms with Crippen LogP contribution in [0.5, 0.6) is 0 Å². The van der Waals surface area contributed by atoms with Gasteiger partial charge in [-0.25, -0.2) is 0 Å². The standard InChI is InChI=1S/C16H22N2O/c1-2-7-18-8-6-13-9-14-12(10-16(13)18)4-3-5-15(14)17-11-19/h3-5,11,13,16H,2,6-10H2,1H3,(H,17,19)/t13-,16-/m0/s1. The Morgan fingerprint density at radius 1 is 1.42 bits per heavy atom. The molecule has 1 saturated heterocycles. The molecule has 1 N–H and O–H groups in total. The van der Waals surface area contributed by atoms with Gasteiger partial charge in [-0.1, -0.05) is 19.1 Å². The minimum atomic E-state index is 0.721. The van der Waals surface area contributed by atoms with Crippen molar-refractivity contribution < 1.29 is 4.79 Å². The summed E-state index contributed by atoms with van der Waals surface area (Å²) in [7, 11) is 0. The molecule has 0 bridgehead atoms. The summed E-state index contributed by atoms with van der Waals surface area (Å²) in [6.07, 6.45) is 5.60. The second kappa shape index (κ2) is 5.33. The topological polar surface area (TPSA) is 32.3 Å². The summed E-state index contributed by atoms with van der Waals surface area (Å²) in [5, 5.41) is 2.86. The first kappa shape index (κ1) is 12.7. The molecule has 102 valence electrons. The van der Waals surface area contributed by atoms with Crippen molar-refractivity contribution in [2.45, 2.75) is 38.6 Å². The van der Waals surface area contributed by atoms with E-state index >= 15 is 0 Å². The van der Waals surface area contributed by atoms with Crippen molar-refractivity contribution in [3.63, 3.8) is 0 Å². The summed E-state index contributed by atoms with van der Waals surface area (Å²) in [6.45, 7) is 4.73. The molecule has 3 rings (SSSR count). The Bertz CT molecular complexity index is 472. The molecule has 2 atom stereocenters. The van der Waals surface area contributed by atoms with Gasteiger partial charge in [0.25, 0.3) is 0 Å². The van der Waals surface area contributed by atoms with Gasteiger partial charge >= 0.3 is 0 Å². The van der Waals surface area contributed by atoms with Gasteiger partial charge in [0, 0.05) is 11.7 Å². The highest BCUT2D eigenvalue weighted by atomic mass is 16.1. The van der Waals surface area contributed by atoms with Crippen molar-refractivity contribution in [1.29, 1.82) is 0 Å². The van der Waals surface area contributed by atoms with Crippen LogP contribution in [0.4, 0.5) is 5.69 Å². The molecule has 1 heterocycles. The zero-order valence-corrected chi connectivity index (χ0v) is 11.6. The summed E-state index contributed by atoms with van der Waals surface area (Å²) in [5.74, 6) is 0.772. The lowest BCUT2D eigenvalue weighted by Gasteiger charge is -2.33. The fourth-order valence-corrected chi connectivity index (χ4v) is 3.84. The molecule has 1 fully saturated rings. The van der Waals surface area contributed by atoms with E-state index in [1.165, 1.54) is 37.1 Å². The van der Waals surface area contributed by atoms with Crippen molar-refractivity contribution in [1.82, 2.24) is 4.90 Å². The lowest BCUT2D eigenvalue weighted by molar-refractivity contribution is -0.105. The van der Waals surface area contributed by atoms with Crippen LogP contribution in [0.2, 0.25) is 0 Å². The second-order valence-corrected chi connectivity index (χ2v) is 5.77. The number of rotatable bonds is 4. The molecule has 3 nitrogen and oxygen atoms in total. The number of carbonyl (C=O) groups is 1. The molecule has 19 heavy (non-hydrogen) atoms. The van der Waals surface area contributed by atoms with Crippen LogP contribution in [0.1, 0.15) is 30.9 Å². The highest BCUT2D eigenvalue weighted by molar-refractivity contribution is 5.74. The average Bonchev–Trinajstić information content (AvgIpc) is 2.80. The number of nitrogens with zero attached hydrogens (tertiary/aromatic N) is 1. The first-order chi connectivity index (χ1) is 9.33. The van der Waals surface area contributed by atoms with Gasteiger partial charge in [-0.2, -0.15) is 0 Å². The van der Waals surface area contributed by atoms with Gasteiger partial charge in [0.2, 0.25) is 6.41 Å². The molecule has 1 aromatic rings. The van der Waals surface area contributed by atoms with E-state index in [2.05, 4.69) is 29.3 Å². The lowest BCUT2D eigenvalue weighted by Crippen LogP contribution is -2.38. The molecular formula is C16H22N2O. The predicted octanol–water partition coefficient (Wildman–Crippen LogP) is 2.45. The van der Waals surface area contributed by atoms with E-state index in [4.69, 9.17) is 0 Å². The molecule has 1 aliphatic heterocycles. The molecule has 0 aromatic heterocycles. The predicted molar refractivity (Wildman–Crippen MR) is 77.3 cm³/mol. The van der Waals surface area contributed by atoms with E-state index in [-0.39, 0.29) is 0 Å². The highest BCUT2D eigenvalue weighted by Gasteiger charge is 2.37. The third-order valence-corrected chi connectivity index (χ3v) is 4.69. The number of benzene rings is 1. The van der Waals surface area contributed by atoms with Crippen molar-refractivity contribution >= 4 is 12.1 Å². The minimum Gasteiger partial charge on any atom is -0.328 e. The van der Waals surface area contributed by atoms with E-state index in [1.54, 1.807) is 0 Å². The smallest absolute Gasteiger partial charge is 0.211 e. The number of likely N-dealkylation sites (tertiary alicyclic amines) is 1. The molecule has 1 aromatic carbocycles. The Balaban J connectivity index is 1.86. The van der Waals surface area contributed by atoms with Gasteiger partial charge < -0.3 is 5.32 Å². The van der Waals surface area contributed by atoms with Crippen LogP contribution >= 0.6 is 0 Å². The van der Waals surface area contributed by atoms with Crippen molar-refractivity contribution in [3.05, 3.63) is 29.3 Å². The molecule has 0 unspecified atom stereocenters. The molecule has 1 amide bonds. The molecule has 1 aliphatic carbocycles. The first-order valence-corrected chi connectivity index (χ1v) is 7.38. The van der Waals surface area contributed by atoms with Crippen LogP contribution in [0, 0.1) is 5.92 Å². The van der Waals surface area contributed by atoms with Gasteiger partial charge in [0.05, 0.1) is 0 Å². The summed E-state index contributed by atoms with van der Waals surface area (Å²) in [4.78, 5) is 13.4. The number of anilines is 1. The molecule has 3 heteroatoms. The third kappa shape index (κ3) is 2.27. The Labute approximate surface area is 115 Å². The first-order valence-electron chi connectivity index (χ1n) is 7.38. The van der Waals surface area contributed by atoms with Crippen LogP contribution in [-0.4, -0.2) is 30.4 Å². The summed E-state index contributed by atoms with van der Waals surface area (Å²) >= 11 is 0. The summed E-state index contributed by atoms with van der Waals surface area (Å²) in [6, 6.07) is 7.03. The maximum absolute atomic E-state index is 10.7. The number of hydrogen-bond donors (Lipinski definition) is 1. The fourth-order valence-electron chi connectivity index (χ4n) is 3.84. The largest absolute Gasteiger partial charge is 0.328 e. The van der Waals surface area contributed by atoms with Gasteiger partial charge in [0.15, 0.2) is 0 Å². The van der Waals surface area contributed by atoms with Gasteiger partial charge in [0.1, 0.15) is 0 Å². The van der Waals surface area contributed by atoms with E-state index in [9.17, 15) is 4.79 Å². The molecular weight excluding hydrogens is 236 g/mol. The average molecular weight is 258 g/mol. The van der Waals surface area contributed by atoms with E-state index in [0.717, 1.165) is 36.9 Å². The Kier molecular flexibility index (Phi) is 3.56. The Morgan fingerprint density at radius 2 is 2.32 bits per heavy atom. The minimum absolute atomic E-state index is 0.721. The molecule has 2 aliphatic rings. The summed E-state index contributed by atoms with van der Waals surface area (Å²) < 4.78 is 0. The highest BCUT2D eigenvalue weighted by Crippen LogP contribution is 2.38. The number of amides is 1. The maximum Gasteiger partial charge on any atom is 0.211 e. The van der Waals surface area contributed by atoms with Crippen LogP contribution in [-0.2, 0) is 17.6 Å². The lowest BCUT2D eigenvalue weighted by atomic mass is 9.80. The summed E-state index contributed by atoms with van der Waals surface area (Å²) in [5.41, 5.74) is 3.81. The third-order valence-electron chi connectivity index (χ3n) is 4.69. The number of nitrogens with one attached hydrogen (secondary N) is 1. The SMILES string of the molecule is CCCN1CC[C@H]2Cc3c(cccc3NC=O)C[C@@H]21. The Hall–Kier alpha value is -1.35. The van der Waals surface area contributed by atoms with Gasteiger partial charge in [-0.3, -0.25) is 9.69 Å². The monoisotopic (exact) mass is 258 g/mol. The molecule has 0 spiro atoms. The van der Waals surface area contributed by atoms with Gasteiger partial charge in [-0.05, 0) is 61.9 Å².